The molecule has 2 nitrogen and oxygen atoms in total. The van der Waals surface area contributed by atoms with Crippen LogP contribution in [0.4, 0.5) is 4.39 Å². The summed E-state index contributed by atoms with van der Waals surface area (Å²) in [6, 6.07) is 21.1. The van der Waals surface area contributed by atoms with E-state index in [0.717, 1.165) is 45.3 Å². The zero-order valence-corrected chi connectivity index (χ0v) is 16.6. The molecule has 0 aromatic heterocycles. The Morgan fingerprint density at radius 2 is 1.70 bits per heavy atom. The van der Waals surface area contributed by atoms with E-state index >= 15 is 0 Å². The van der Waals surface area contributed by atoms with Crippen molar-refractivity contribution in [1.29, 1.82) is 5.26 Å². The molecule has 2 aromatic rings. The molecule has 27 heavy (non-hydrogen) atoms. The van der Waals surface area contributed by atoms with Crippen molar-refractivity contribution in [2.75, 3.05) is 13.1 Å². The van der Waals surface area contributed by atoms with Crippen LogP contribution in [0.5, 0.6) is 0 Å². The van der Waals surface area contributed by atoms with Gasteiger partial charge in [0, 0.05) is 19.4 Å². The monoisotopic (exact) mass is 366 g/mol. The quantitative estimate of drug-likeness (QED) is 0.583. The van der Waals surface area contributed by atoms with Crippen LogP contribution in [0.2, 0.25) is 0 Å². The molecule has 0 N–H and O–H groups in total. The van der Waals surface area contributed by atoms with E-state index in [-0.39, 0.29) is 5.92 Å². The van der Waals surface area contributed by atoms with Gasteiger partial charge < -0.3 is 0 Å². The van der Waals surface area contributed by atoms with Crippen LogP contribution in [0.1, 0.15) is 55.7 Å². The van der Waals surface area contributed by atoms with E-state index in [0.29, 0.717) is 0 Å². The molecule has 2 unspecified atom stereocenters. The summed E-state index contributed by atoms with van der Waals surface area (Å²) in [4.78, 5) is 2.49. The van der Waals surface area contributed by atoms with Gasteiger partial charge in [-0.2, -0.15) is 5.26 Å². The third kappa shape index (κ3) is 6.81. The first kappa shape index (κ1) is 21.1. The average molecular weight is 367 g/mol. The summed E-state index contributed by atoms with van der Waals surface area (Å²) in [6.07, 6.45) is 3.38. The molecule has 144 valence electrons. The Hall–Kier alpha value is -2.18. The first-order valence-corrected chi connectivity index (χ1v) is 9.98. The predicted octanol–water partition coefficient (Wildman–Crippen LogP) is 5.89. The summed E-state index contributed by atoms with van der Waals surface area (Å²) in [7, 11) is 0. The fraction of sp³-hybridized carbons (Fsp3) is 0.458. The minimum absolute atomic E-state index is 0.153. The highest BCUT2D eigenvalue weighted by Crippen LogP contribution is 2.39. The first-order chi connectivity index (χ1) is 13.2. The van der Waals surface area contributed by atoms with E-state index in [1.54, 1.807) is 6.07 Å². The van der Waals surface area contributed by atoms with Gasteiger partial charge in [-0.15, -0.1) is 0 Å². The molecule has 3 rings (SSSR count). The molecule has 0 amide bonds. The standard InChI is InChI=1S/C22H28FN.C2H3N/c1-2-24(17-19-7-4-3-5-8-19)16-6-9-18-10-12-20(13-11-18)21-14-15-22(21)23;1-2-3/h3-5,7-8,10-13,21-22H,2,6,9,14-17H2,1H3;1H3. The molecule has 0 aliphatic heterocycles. The highest BCUT2D eigenvalue weighted by Gasteiger charge is 2.31. The first-order valence-electron chi connectivity index (χ1n) is 9.98. The number of rotatable bonds is 8. The van der Waals surface area contributed by atoms with Crippen molar-refractivity contribution in [2.45, 2.75) is 58.2 Å². The van der Waals surface area contributed by atoms with E-state index in [2.05, 4.69) is 66.4 Å². The Kier molecular flexibility index (Phi) is 9.01. The van der Waals surface area contributed by atoms with Crippen molar-refractivity contribution in [3.63, 3.8) is 0 Å². The maximum absolute atomic E-state index is 13.5. The van der Waals surface area contributed by atoms with Gasteiger partial charge in [0.15, 0.2) is 0 Å². The maximum Gasteiger partial charge on any atom is 0.107 e. The van der Waals surface area contributed by atoms with Crippen LogP contribution in [0.25, 0.3) is 0 Å². The van der Waals surface area contributed by atoms with Gasteiger partial charge in [0.25, 0.3) is 0 Å². The third-order valence-corrected chi connectivity index (χ3v) is 5.23. The molecule has 2 aromatic carbocycles. The second-order valence-electron chi connectivity index (χ2n) is 7.12. The van der Waals surface area contributed by atoms with Crippen LogP contribution in [0.3, 0.4) is 0 Å². The lowest BCUT2D eigenvalue weighted by atomic mass is 9.78. The number of hydrogen-bond acceptors (Lipinski definition) is 2. The summed E-state index contributed by atoms with van der Waals surface area (Å²) in [6.45, 7) is 6.87. The molecule has 1 saturated carbocycles. The predicted molar refractivity (Wildman–Crippen MR) is 110 cm³/mol. The van der Waals surface area contributed by atoms with Crippen molar-refractivity contribution in [2.24, 2.45) is 0 Å². The molecule has 0 heterocycles. The van der Waals surface area contributed by atoms with Crippen LogP contribution >= 0.6 is 0 Å². The van der Waals surface area contributed by atoms with Gasteiger partial charge in [-0.3, -0.25) is 4.90 Å². The lowest BCUT2D eigenvalue weighted by Crippen LogP contribution is -2.25. The fourth-order valence-corrected chi connectivity index (χ4v) is 3.46. The largest absolute Gasteiger partial charge is 0.299 e. The SMILES string of the molecule is CC#N.CCN(CCCc1ccc(C2CCC2F)cc1)Cc1ccccc1. The van der Waals surface area contributed by atoms with E-state index < -0.39 is 6.17 Å². The highest BCUT2D eigenvalue weighted by atomic mass is 19.1. The number of halogens is 1. The number of nitrogens with zero attached hydrogens (tertiary/aromatic N) is 2. The molecule has 2 atom stereocenters. The zero-order chi connectivity index (χ0) is 19.5. The molecule has 0 bridgehead atoms. The lowest BCUT2D eigenvalue weighted by Gasteiger charge is -2.30. The minimum Gasteiger partial charge on any atom is -0.299 e. The molecular formula is C24H31FN2. The Morgan fingerprint density at radius 1 is 1.04 bits per heavy atom. The van der Waals surface area contributed by atoms with E-state index in [9.17, 15) is 4.39 Å². The summed E-state index contributed by atoms with van der Waals surface area (Å²) in [5.74, 6) is 0.153. The lowest BCUT2D eigenvalue weighted by molar-refractivity contribution is 0.170. The summed E-state index contributed by atoms with van der Waals surface area (Å²) in [5.41, 5.74) is 3.92. The van der Waals surface area contributed by atoms with Gasteiger partial charge in [0.1, 0.15) is 6.17 Å². The van der Waals surface area contributed by atoms with E-state index in [1.165, 1.54) is 23.6 Å². The molecule has 0 saturated heterocycles. The van der Waals surface area contributed by atoms with Gasteiger partial charge in [-0.05, 0) is 55.5 Å². The molecule has 0 radical (unpaired) electrons. The summed E-state index contributed by atoms with van der Waals surface area (Å²) < 4.78 is 13.5. The highest BCUT2D eigenvalue weighted by molar-refractivity contribution is 5.28. The van der Waals surface area contributed by atoms with Crippen molar-refractivity contribution >= 4 is 0 Å². The second-order valence-corrected chi connectivity index (χ2v) is 7.12. The Balaban J connectivity index is 0.000000817. The van der Waals surface area contributed by atoms with Gasteiger partial charge >= 0.3 is 0 Å². The van der Waals surface area contributed by atoms with Crippen LogP contribution in [-0.4, -0.2) is 24.2 Å². The smallest absolute Gasteiger partial charge is 0.107 e. The minimum atomic E-state index is -0.619. The third-order valence-electron chi connectivity index (χ3n) is 5.23. The van der Waals surface area contributed by atoms with Gasteiger partial charge in [-0.25, -0.2) is 4.39 Å². The van der Waals surface area contributed by atoms with Crippen LogP contribution in [0, 0.1) is 11.3 Å². The van der Waals surface area contributed by atoms with Gasteiger partial charge in [0.05, 0.1) is 6.07 Å². The Morgan fingerprint density at radius 3 is 2.22 bits per heavy atom. The van der Waals surface area contributed by atoms with Crippen molar-refractivity contribution in [3.8, 4) is 6.07 Å². The number of benzene rings is 2. The Bertz CT molecular complexity index is 691. The van der Waals surface area contributed by atoms with E-state index in [1.807, 2.05) is 0 Å². The van der Waals surface area contributed by atoms with Crippen LogP contribution in [0.15, 0.2) is 54.6 Å². The summed E-state index contributed by atoms with van der Waals surface area (Å²) in [5, 5.41) is 7.32. The van der Waals surface area contributed by atoms with Gasteiger partial charge in [-0.1, -0.05) is 61.5 Å². The number of nitriles is 1. The van der Waals surface area contributed by atoms with E-state index in [4.69, 9.17) is 5.26 Å². The molecule has 1 fully saturated rings. The topological polar surface area (TPSA) is 27.0 Å². The second kappa shape index (κ2) is 11.5. The van der Waals surface area contributed by atoms with Crippen molar-refractivity contribution < 1.29 is 4.39 Å². The average Bonchev–Trinajstić information content (AvgIpc) is 2.68. The van der Waals surface area contributed by atoms with Crippen molar-refractivity contribution in [3.05, 3.63) is 71.3 Å². The van der Waals surface area contributed by atoms with Gasteiger partial charge in [0.2, 0.25) is 0 Å². The molecule has 3 heteroatoms. The number of aryl methyl sites for hydroxylation is 1. The fourth-order valence-electron chi connectivity index (χ4n) is 3.46. The maximum atomic E-state index is 13.5. The van der Waals surface area contributed by atoms with Crippen molar-refractivity contribution in [1.82, 2.24) is 4.90 Å². The van der Waals surface area contributed by atoms with Crippen LogP contribution in [-0.2, 0) is 13.0 Å². The number of hydrogen-bond donors (Lipinski definition) is 0. The molecule has 1 aliphatic carbocycles. The number of alkyl halides is 1. The summed E-state index contributed by atoms with van der Waals surface area (Å²) >= 11 is 0. The normalized spacial score (nSPS) is 18.2. The molecule has 0 spiro atoms. The molecular weight excluding hydrogens is 335 g/mol. The van der Waals surface area contributed by atoms with Crippen LogP contribution < -0.4 is 0 Å². The molecule has 1 aliphatic rings. The Labute approximate surface area is 163 Å². The zero-order valence-electron chi connectivity index (χ0n) is 16.6.